The summed E-state index contributed by atoms with van der Waals surface area (Å²) in [6, 6.07) is 6.13. The maximum absolute atomic E-state index is 12.7. The van der Waals surface area contributed by atoms with Crippen LogP contribution in [-0.2, 0) is 15.1 Å². The van der Waals surface area contributed by atoms with Gasteiger partial charge in [0.15, 0.2) is 0 Å². The monoisotopic (exact) mass is 386 g/mol. The van der Waals surface area contributed by atoms with Gasteiger partial charge < -0.3 is 10.6 Å². The van der Waals surface area contributed by atoms with Crippen molar-refractivity contribution in [3.05, 3.63) is 30.1 Å². The molecular formula is C22H34N4O2. The second-order valence-corrected chi connectivity index (χ2v) is 9.63. The van der Waals surface area contributed by atoms with Gasteiger partial charge in [-0.05, 0) is 63.7 Å². The van der Waals surface area contributed by atoms with E-state index in [9.17, 15) is 9.59 Å². The minimum Gasteiger partial charge on any atom is -0.369 e. The summed E-state index contributed by atoms with van der Waals surface area (Å²) in [5.74, 6) is -0.0897. The van der Waals surface area contributed by atoms with Gasteiger partial charge in [0.2, 0.25) is 11.8 Å². The van der Waals surface area contributed by atoms with Crippen LogP contribution in [0.1, 0.15) is 58.1 Å². The van der Waals surface area contributed by atoms with Crippen molar-refractivity contribution in [1.82, 2.24) is 14.8 Å². The van der Waals surface area contributed by atoms with Crippen molar-refractivity contribution < 1.29 is 9.59 Å². The van der Waals surface area contributed by atoms with Crippen LogP contribution in [-0.4, -0.2) is 53.8 Å². The molecule has 0 aromatic carbocycles. The number of hydrogen-bond acceptors (Lipinski definition) is 4. The van der Waals surface area contributed by atoms with E-state index in [1.807, 2.05) is 31.0 Å². The summed E-state index contributed by atoms with van der Waals surface area (Å²) in [5.41, 5.74) is 6.03. The molecule has 2 heterocycles. The Morgan fingerprint density at radius 1 is 1.25 bits per heavy atom. The fourth-order valence-corrected chi connectivity index (χ4v) is 4.82. The molecule has 2 aliphatic rings. The molecule has 154 valence electrons. The molecule has 1 aliphatic heterocycles. The van der Waals surface area contributed by atoms with E-state index in [1.54, 1.807) is 0 Å². The lowest BCUT2D eigenvalue weighted by molar-refractivity contribution is -0.130. The molecule has 1 saturated carbocycles. The number of rotatable bonds is 6. The smallest absolute Gasteiger partial charge is 0.223 e. The molecular weight excluding hydrogens is 352 g/mol. The van der Waals surface area contributed by atoms with Gasteiger partial charge in [-0.15, -0.1) is 0 Å². The van der Waals surface area contributed by atoms with E-state index in [2.05, 4.69) is 36.1 Å². The minimum atomic E-state index is -0.582. The highest BCUT2D eigenvalue weighted by Gasteiger charge is 2.50. The van der Waals surface area contributed by atoms with E-state index in [0.29, 0.717) is 19.4 Å². The molecule has 2 N–H and O–H groups in total. The molecule has 0 unspecified atom stereocenters. The van der Waals surface area contributed by atoms with E-state index in [4.69, 9.17) is 5.73 Å². The minimum absolute atomic E-state index is 0.0578. The maximum Gasteiger partial charge on any atom is 0.223 e. The van der Waals surface area contributed by atoms with Crippen LogP contribution in [0.5, 0.6) is 0 Å². The molecule has 0 bridgehead atoms. The Morgan fingerprint density at radius 2 is 1.93 bits per heavy atom. The molecule has 2 amide bonds. The van der Waals surface area contributed by atoms with Gasteiger partial charge in [-0.25, -0.2) is 0 Å². The lowest BCUT2D eigenvalue weighted by Crippen LogP contribution is -2.48. The normalized spacial score (nSPS) is 28.3. The van der Waals surface area contributed by atoms with E-state index in [-0.39, 0.29) is 22.8 Å². The average molecular weight is 387 g/mol. The van der Waals surface area contributed by atoms with Crippen LogP contribution in [0.15, 0.2) is 24.4 Å². The summed E-state index contributed by atoms with van der Waals surface area (Å²) >= 11 is 0. The van der Waals surface area contributed by atoms with Crippen LogP contribution >= 0.6 is 0 Å². The number of hydrogen-bond donors (Lipinski definition) is 1. The first-order chi connectivity index (χ1) is 13.1. The van der Waals surface area contributed by atoms with Crippen molar-refractivity contribution in [2.24, 2.45) is 16.6 Å². The molecule has 1 spiro atoms. The molecule has 1 saturated heterocycles. The van der Waals surface area contributed by atoms with E-state index < -0.39 is 5.41 Å². The van der Waals surface area contributed by atoms with Crippen molar-refractivity contribution in [3.63, 3.8) is 0 Å². The first-order valence-corrected chi connectivity index (χ1v) is 10.3. The zero-order valence-corrected chi connectivity index (χ0v) is 17.7. The Balaban J connectivity index is 1.68. The number of primary amides is 1. The fourth-order valence-electron chi connectivity index (χ4n) is 4.82. The predicted octanol–water partition coefficient (Wildman–Crippen LogP) is 2.53. The van der Waals surface area contributed by atoms with Crippen LogP contribution in [0.2, 0.25) is 0 Å². The van der Waals surface area contributed by atoms with Crippen LogP contribution in [0.3, 0.4) is 0 Å². The number of amides is 2. The molecule has 3 rings (SSSR count). The van der Waals surface area contributed by atoms with Crippen molar-refractivity contribution in [2.45, 2.75) is 57.9 Å². The quantitative estimate of drug-likeness (QED) is 0.815. The van der Waals surface area contributed by atoms with Crippen molar-refractivity contribution in [3.8, 4) is 0 Å². The third-order valence-electron chi connectivity index (χ3n) is 7.21. The predicted molar refractivity (Wildman–Crippen MR) is 109 cm³/mol. The lowest BCUT2D eigenvalue weighted by Gasteiger charge is -2.48. The number of pyridine rings is 1. The van der Waals surface area contributed by atoms with Crippen LogP contribution in [0.25, 0.3) is 0 Å². The number of carbonyl (C=O) groups excluding carboxylic acids is 2. The highest BCUT2D eigenvalue weighted by Crippen LogP contribution is 2.51. The Labute approximate surface area is 168 Å². The van der Waals surface area contributed by atoms with Gasteiger partial charge in [0.25, 0.3) is 0 Å². The van der Waals surface area contributed by atoms with Gasteiger partial charge in [0.1, 0.15) is 0 Å². The fraction of sp³-hybridized carbons (Fsp3) is 0.682. The molecule has 1 aliphatic carbocycles. The number of nitrogens with zero attached hydrogens (tertiary/aromatic N) is 3. The summed E-state index contributed by atoms with van der Waals surface area (Å²) < 4.78 is 0. The molecule has 0 radical (unpaired) electrons. The molecule has 1 aromatic rings. The summed E-state index contributed by atoms with van der Waals surface area (Å²) in [5, 5.41) is 0. The van der Waals surface area contributed by atoms with Crippen molar-refractivity contribution >= 4 is 11.8 Å². The Hall–Kier alpha value is -1.95. The highest BCUT2D eigenvalue weighted by molar-refractivity contribution is 5.81. The standard InChI is InChI=1S/C22H34N4O2/c1-20(2,19(23)28)12-14-26-16-21(15-18(26)27)8-10-22(11-9-21,25(3)4)17-7-5-6-13-24-17/h5-7,13H,8-12,14-16H2,1-4H3,(H2,23,28)/t21-,22-. The van der Waals surface area contributed by atoms with Gasteiger partial charge in [-0.2, -0.15) is 0 Å². The summed E-state index contributed by atoms with van der Waals surface area (Å²) in [4.78, 5) is 33.2. The van der Waals surface area contributed by atoms with Gasteiger partial charge in [0.05, 0.1) is 11.2 Å². The second-order valence-electron chi connectivity index (χ2n) is 9.63. The van der Waals surface area contributed by atoms with Crippen LogP contribution < -0.4 is 5.73 Å². The third kappa shape index (κ3) is 3.79. The molecule has 2 fully saturated rings. The Bertz CT molecular complexity index is 721. The van der Waals surface area contributed by atoms with Gasteiger partial charge >= 0.3 is 0 Å². The van der Waals surface area contributed by atoms with Crippen molar-refractivity contribution in [1.29, 1.82) is 0 Å². The van der Waals surface area contributed by atoms with Crippen molar-refractivity contribution in [2.75, 3.05) is 27.2 Å². The summed E-state index contributed by atoms with van der Waals surface area (Å²) in [6.07, 6.45) is 7.14. The molecule has 0 atom stereocenters. The zero-order valence-electron chi connectivity index (χ0n) is 17.7. The lowest BCUT2D eigenvalue weighted by atomic mass is 9.65. The topological polar surface area (TPSA) is 79.5 Å². The van der Waals surface area contributed by atoms with Gasteiger partial charge in [-0.1, -0.05) is 19.9 Å². The number of likely N-dealkylation sites (tertiary alicyclic amines) is 1. The second kappa shape index (κ2) is 7.47. The molecule has 1 aromatic heterocycles. The number of aromatic nitrogens is 1. The van der Waals surface area contributed by atoms with E-state index in [1.165, 1.54) is 0 Å². The Kier molecular flexibility index (Phi) is 5.54. The molecule has 6 heteroatoms. The van der Waals surface area contributed by atoms with E-state index >= 15 is 0 Å². The first-order valence-electron chi connectivity index (χ1n) is 10.3. The number of nitrogens with two attached hydrogens (primary N) is 1. The maximum atomic E-state index is 12.7. The van der Waals surface area contributed by atoms with Gasteiger partial charge in [0, 0.05) is 31.1 Å². The highest BCUT2D eigenvalue weighted by atomic mass is 16.2. The molecule has 6 nitrogen and oxygen atoms in total. The van der Waals surface area contributed by atoms with Crippen LogP contribution in [0.4, 0.5) is 0 Å². The summed E-state index contributed by atoms with van der Waals surface area (Å²) in [6.45, 7) is 5.11. The summed E-state index contributed by atoms with van der Waals surface area (Å²) in [7, 11) is 4.26. The third-order valence-corrected chi connectivity index (χ3v) is 7.21. The van der Waals surface area contributed by atoms with E-state index in [0.717, 1.165) is 37.9 Å². The zero-order chi connectivity index (χ0) is 20.6. The first kappa shape index (κ1) is 20.8. The number of carbonyl (C=O) groups is 2. The Morgan fingerprint density at radius 3 is 2.46 bits per heavy atom. The molecule has 28 heavy (non-hydrogen) atoms. The largest absolute Gasteiger partial charge is 0.369 e. The average Bonchev–Trinajstić information content (AvgIpc) is 2.96. The van der Waals surface area contributed by atoms with Crippen LogP contribution in [0, 0.1) is 10.8 Å². The van der Waals surface area contributed by atoms with Gasteiger partial charge in [-0.3, -0.25) is 19.5 Å². The SMILES string of the molecule is CN(C)[C@]1(c2ccccn2)CC[C@@]2(CC1)CC(=O)N(CCC(C)(C)C(N)=O)C2.